The SMILES string of the molecule is CCOc1ccc(N(CCC(=O)NCCc2ccccc2)C(C)=O)cc1. The summed E-state index contributed by atoms with van der Waals surface area (Å²) in [6.07, 6.45) is 1.06. The molecule has 2 aromatic carbocycles. The summed E-state index contributed by atoms with van der Waals surface area (Å²) < 4.78 is 5.41. The minimum atomic E-state index is -0.0914. The van der Waals surface area contributed by atoms with Gasteiger partial charge in [0.05, 0.1) is 6.61 Å². The predicted molar refractivity (Wildman–Crippen MR) is 103 cm³/mol. The van der Waals surface area contributed by atoms with Gasteiger partial charge in [-0.3, -0.25) is 9.59 Å². The zero-order valence-electron chi connectivity index (χ0n) is 15.4. The Hall–Kier alpha value is -2.82. The molecule has 0 fully saturated rings. The van der Waals surface area contributed by atoms with Gasteiger partial charge in [-0.2, -0.15) is 0 Å². The normalized spacial score (nSPS) is 10.2. The molecule has 0 saturated carbocycles. The fourth-order valence-electron chi connectivity index (χ4n) is 2.65. The van der Waals surface area contributed by atoms with E-state index in [1.54, 1.807) is 4.90 Å². The van der Waals surface area contributed by atoms with Crippen LogP contribution < -0.4 is 15.0 Å². The summed E-state index contributed by atoms with van der Waals surface area (Å²) in [5, 5.41) is 2.91. The van der Waals surface area contributed by atoms with Crippen LogP contribution in [0.5, 0.6) is 5.75 Å². The Bertz CT molecular complexity index is 699. The van der Waals surface area contributed by atoms with Gasteiger partial charge >= 0.3 is 0 Å². The maximum atomic E-state index is 12.1. The van der Waals surface area contributed by atoms with E-state index in [0.717, 1.165) is 17.9 Å². The zero-order chi connectivity index (χ0) is 18.8. The van der Waals surface area contributed by atoms with Gasteiger partial charge in [0.25, 0.3) is 0 Å². The first kappa shape index (κ1) is 19.5. The number of carbonyl (C=O) groups is 2. The van der Waals surface area contributed by atoms with Crippen LogP contribution in [-0.4, -0.2) is 31.5 Å². The highest BCUT2D eigenvalue weighted by Crippen LogP contribution is 2.20. The highest BCUT2D eigenvalue weighted by Gasteiger charge is 2.13. The first-order valence-electron chi connectivity index (χ1n) is 8.91. The van der Waals surface area contributed by atoms with Crippen molar-refractivity contribution in [3.63, 3.8) is 0 Å². The van der Waals surface area contributed by atoms with Crippen molar-refractivity contribution in [2.75, 3.05) is 24.6 Å². The second-order valence-electron chi connectivity index (χ2n) is 5.93. The topological polar surface area (TPSA) is 58.6 Å². The molecule has 138 valence electrons. The number of ether oxygens (including phenoxy) is 1. The fourth-order valence-corrected chi connectivity index (χ4v) is 2.65. The van der Waals surface area contributed by atoms with Crippen LogP contribution in [-0.2, 0) is 16.0 Å². The van der Waals surface area contributed by atoms with Gasteiger partial charge in [-0.1, -0.05) is 30.3 Å². The lowest BCUT2D eigenvalue weighted by Gasteiger charge is -2.21. The van der Waals surface area contributed by atoms with Gasteiger partial charge in [0.15, 0.2) is 0 Å². The number of rotatable bonds is 9. The van der Waals surface area contributed by atoms with E-state index < -0.39 is 0 Å². The van der Waals surface area contributed by atoms with Gasteiger partial charge in [0, 0.05) is 32.1 Å². The summed E-state index contributed by atoms with van der Waals surface area (Å²) in [6, 6.07) is 17.3. The van der Waals surface area contributed by atoms with Crippen LogP contribution in [0.15, 0.2) is 54.6 Å². The Morgan fingerprint density at radius 3 is 2.35 bits per heavy atom. The lowest BCUT2D eigenvalue weighted by atomic mass is 10.1. The van der Waals surface area contributed by atoms with Crippen LogP contribution in [0.25, 0.3) is 0 Å². The number of anilines is 1. The van der Waals surface area contributed by atoms with Crippen molar-refractivity contribution in [1.82, 2.24) is 5.32 Å². The molecule has 5 nitrogen and oxygen atoms in total. The summed E-state index contributed by atoms with van der Waals surface area (Å²) >= 11 is 0. The third-order valence-electron chi connectivity index (χ3n) is 3.98. The molecule has 0 atom stereocenters. The summed E-state index contributed by atoms with van der Waals surface area (Å²) in [5.41, 5.74) is 1.95. The van der Waals surface area contributed by atoms with Crippen molar-refractivity contribution in [2.24, 2.45) is 0 Å². The molecule has 1 N–H and O–H groups in total. The number of amides is 2. The number of carbonyl (C=O) groups excluding carboxylic acids is 2. The van der Waals surface area contributed by atoms with E-state index in [1.807, 2.05) is 61.5 Å². The van der Waals surface area contributed by atoms with Crippen LogP contribution in [0.4, 0.5) is 5.69 Å². The quantitative estimate of drug-likeness (QED) is 0.752. The number of hydrogen-bond donors (Lipinski definition) is 1. The average Bonchev–Trinajstić information content (AvgIpc) is 2.64. The molecule has 26 heavy (non-hydrogen) atoms. The minimum Gasteiger partial charge on any atom is -0.494 e. The molecule has 0 aromatic heterocycles. The van der Waals surface area contributed by atoms with Gasteiger partial charge in [0.1, 0.15) is 5.75 Å². The molecule has 2 amide bonds. The highest BCUT2D eigenvalue weighted by molar-refractivity contribution is 5.92. The van der Waals surface area contributed by atoms with Crippen molar-refractivity contribution in [1.29, 1.82) is 0 Å². The van der Waals surface area contributed by atoms with Gasteiger partial charge in [0.2, 0.25) is 11.8 Å². The second-order valence-corrected chi connectivity index (χ2v) is 5.93. The van der Waals surface area contributed by atoms with Crippen molar-refractivity contribution in [2.45, 2.75) is 26.7 Å². The molecule has 5 heteroatoms. The Kier molecular flexibility index (Phi) is 7.68. The van der Waals surface area contributed by atoms with Crippen molar-refractivity contribution < 1.29 is 14.3 Å². The predicted octanol–water partition coefficient (Wildman–Crippen LogP) is 3.19. The number of nitrogens with zero attached hydrogens (tertiary/aromatic N) is 1. The molecule has 0 aliphatic carbocycles. The summed E-state index contributed by atoms with van der Waals surface area (Å²) in [4.78, 5) is 25.6. The van der Waals surface area contributed by atoms with E-state index in [2.05, 4.69) is 5.32 Å². The van der Waals surface area contributed by atoms with E-state index in [4.69, 9.17) is 4.74 Å². The molecule has 0 bridgehead atoms. The highest BCUT2D eigenvalue weighted by atomic mass is 16.5. The van der Waals surface area contributed by atoms with Crippen LogP contribution in [0.3, 0.4) is 0 Å². The third kappa shape index (κ3) is 6.24. The lowest BCUT2D eigenvalue weighted by Crippen LogP contribution is -2.34. The molecule has 2 aromatic rings. The molecule has 0 aliphatic heterocycles. The summed E-state index contributed by atoms with van der Waals surface area (Å²) in [6.45, 7) is 4.96. The second kappa shape index (κ2) is 10.2. The van der Waals surface area contributed by atoms with Crippen molar-refractivity contribution in [3.05, 3.63) is 60.2 Å². The van der Waals surface area contributed by atoms with Crippen LogP contribution in [0.1, 0.15) is 25.8 Å². The number of benzene rings is 2. The van der Waals surface area contributed by atoms with E-state index in [1.165, 1.54) is 12.5 Å². The molecule has 0 aliphatic rings. The first-order valence-corrected chi connectivity index (χ1v) is 8.91. The van der Waals surface area contributed by atoms with E-state index in [0.29, 0.717) is 19.7 Å². The van der Waals surface area contributed by atoms with Crippen molar-refractivity contribution >= 4 is 17.5 Å². The van der Waals surface area contributed by atoms with Gasteiger partial charge in [-0.15, -0.1) is 0 Å². The zero-order valence-corrected chi connectivity index (χ0v) is 15.4. The minimum absolute atomic E-state index is 0.0573. The summed E-state index contributed by atoms with van der Waals surface area (Å²) in [7, 11) is 0. The maximum Gasteiger partial charge on any atom is 0.223 e. The molecule has 0 heterocycles. The molecule has 0 unspecified atom stereocenters. The smallest absolute Gasteiger partial charge is 0.223 e. The van der Waals surface area contributed by atoms with Crippen LogP contribution in [0, 0.1) is 0 Å². The fraction of sp³-hybridized carbons (Fsp3) is 0.333. The van der Waals surface area contributed by atoms with E-state index in [9.17, 15) is 9.59 Å². The Balaban J connectivity index is 1.81. The molecule has 2 rings (SSSR count). The number of hydrogen-bond acceptors (Lipinski definition) is 3. The van der Waals surface area contributed by atoms with Gasteiger partial charge < -0.3 is 15.0 Å². The monoisotopic (exact) mass is 354 g/mol. The van der Waals surface area contributed by atoms with Gasteiger partial charge in [-0.05, 0) is 43.2 Å². The largest absolute Gasteiger partial charge is 0.494 e. The van der Waals surface area contributed by atoms with E-state index in [-0.39, 0.29) is 18.2 Å². The Morgan fingerprint density at radius 2 is 1.73 bits per heavy atom. The summed E-state index contributed by atoms with van der Waals surface area (Å²) in [5.74, 6) is 0.614. The molecular weight excluding hydrogens is 328 g/mol. The standard InChI is InChI=1S/C21H26N2O3/c1-3-26-20-11-9-19(10-12-20)23(17(2)24)16-14-21(25)22-15-13-18-7-5-4-6-8-18/h4-12H,3,13-16H2,1-2H3,(H,22,25). The third-order valence-corrected chi connectivity index (χ3v) is 3.98. The van der Waals surface area contributed by atoms with Crippen LogP contribution >= 0.6 is 0 Å². The van der Waals surface area contributed by atoms with Crippen molar-refractivity contribution in [3.8, 4) is 5.75 Å². The average molecular weight is 354 g/mol. The maximum absolute atomic E-state index is 12.1. The molecule has 0 spiro atoms. The lowest BCUT2D eigenvalue weighted by molar-refractivity contribution is -0.121. The molecule has 0 saturated heterocycles. The molecule has 0 radical (unpaired) electrons. The molecular formula is C21H26N2O3. The Morgan fingerprint density at radius 1 is 1.04 bits per heavy atom. The number of nitrogens with one attached hydrogen (secondary N) is 1. The van der Waals surface area contributed by atoms with Gasteiger partial charge in [-0.25, -0.2) is 0 Å². The first-order chi connectivity index (χ1) is 12.6. The van der Waals surface area contributed by atoms with E-state index >= 15 is 0 Å². The Labute approximate surface area is 155 Å². The van der Waals surface area contributed by atoms with Crippen LogP contribution in [0.2, 0.25) is 0 Å².